The molecule has 0 heterocycles. The van der Waals surface area contributed by atoms with Gasteiger partial charge in [-0.15, -0.1) is 0 Å². The molecule has 0 amide bonds. The second-order valence-electron chi connectivity index (χ2n) is 6.94. The van der Waals surface area contributed by atoms with Gasteiger partial charge >= 0.3 is 0 Å². The number of hydrogen-bond acceptors (Lipinski definition) is 6. The highest BCUT2D eigenvalue weighted by atomic mass is 16.3. The van der Waals surface area contributed by atoms with Crippen molar-refractivity contribution in [2.75, 3.05) is 13.2 Å². The summed E-state index contributed by atoms with van der Waals surface area (Å²) in [5.74, 6) is -0.685. The van der Waals surface area contributed by atoms with Gasteiger partial charge in [-0.05, 0) is 43.9 Å². The molecule has 6 nitrogen and oxygen atoms in total. The largest absolute Gasteiger partial charge is 0.396 e. The summed E-state index contributed by atoms with van der Waals surface area (Å²) >= 11 is 0. The van der Waals surface area contributed by atoms with Crippen molar-refractivity contribution in [3.63, 3.8) is 0 Å². The van der Waals surface area contributed by atoms with Gasteiger partial charge < -0.3 is 30.6 Å². The third kappa shape index (κ3) is 3.57. The zero-order valence-corrected chi connectivity index (χ0v) is 12.3. The van der Waals surface area contributed by atoms with E-state index >= 15 is 0 Å². The number of rotatable bonds is 4. The first-order valence-corrected chi connectivity index (χ1v) is 7.86. The van der Waals surface area contributed by atoms with Gasteiger partial charge in [0.2, 0.25) is 0 Å². The zero-order valence-electron chi connectivity index (χ0n) is 12.3. The Kier molecular flexibility index (Phi) is 5.62. The van der Waals surface area contributed by atoms with E-state index in [1.807, 2.05) is 0 Å². The Balaban J connectivity index is 2.07. The van der Waals surface area contributed by atoms with Crippen molar-refractivity contribution in [1.29, 1.82) is 0 Å². The van der Waals surface area contributed by atoms with Crippen LogP contribution in [0.1, 0.15) is 38.5 Å². The van der Waals surface area contributed by atoms with Crippen LogP contribution in [0.3, 0.4) is 0 Å². The van der Waals surface area contributed by atoms with Gasteiger partial charge in [0, 0.05) is 25.0 Å². The smallest absolute Gasteiger partial charge is 0.0599 e. The molecular formula is C15H28O6. The van der Waals surface area contributed by atoms with Crippen LogP contribution in [-0.2, 0) is 0 Å². The van der Waals surface area contributed by atoms with Crippen molar-refractivity contribution in [1.82, 2.24) is 0 Å². The molecule has 0 aromatic carbocycles. The van der Waals surface area contributed by atoms with Crippen LogP contribution in [0.2, 0.25) is 0 Å². The van der Waals surface area contributed by atoms with E-state index in [2.05, 4.69) is 0 Å². The molecule has 2 aliphatic rings. The summed E-state index contributed by atoms with van der Waals surface area (Å²) in [4.78, 5) is 0. The van der Waals surface area contributed by atoms with Crippen molar-refractivity contribution in [2.45, 2.75) is 62.9 Å². The normalized spacial score (nSPS) is 47.7. The van der Waals surface area contributed by atoms with Gasteiger partial charge in [-0.3, -0.25) is 0 Å². The van der Waals surface area contributed by atoms with E-state index in [-0.39, 0.29) is 25.0 Å². The molecule has 4 atom stereocenters. The number of aliphatic hydroxyl groups is 6. The molecule has 0 bridgehead atoms. The average molecular weight is 304 g/mol. The van der Waals surface area contributed by atoms with Crippen LogP contribution >= 0.6 is 0 Å². The standard InChI is InChI=1S/C15H28O6/c16-3-1-9-11(18)5-15(6-12(9)19)7-13(20)10(2-4-17)14(21)8-15/h9-14,16-21H,1-8H2. The molecule has 6 N–H and O–H groups in total. The van der Waals surface area contributed by atoms with Crippen molar-refractivity contribution in [2.24, 2.45) is 17.3 Å². The minimum Gasteiger partial charge on any atom is -0.396 e. The summed E-state index contributed by atoms with van der Waals surface area (Å²) in [7, 11) is 0. The van der Waals surface area contributed by atoms with Crippen molar-refractivity contribution in [3.8, 4) is 0 Å². The summed E-state index contributed by atoms with van der Waals surface area (Å²) < 4.78 is 0. The second-order valence-corrected chi connectivity index (χ2v) is 6.94. The molecule has 2 aliphatic carbocycles. The molecule has 0 radical (unpaired) electrons. The first-order chi connectivity index (χ1) is 9.92. The second kappa shape index (κ2) is 6.89. The van der Waals surface area contributed by atoms with Gasteiger partial charge in [0.25, 0.3) is 0 Å². The topological polar surface area (TPSA) is 121 Å². The maximum atomic E-state index is 10.3. The molecule has 4 unspecified atom stereocenters. The highest BCUT2D eigenvalue weighted by molar-refractivity contribution is 5.01. The van der Waals surface area contributed by atoms with Crippen LogP contribution in [-0.4, -0.2) is 68.3 Å². The molecule has 6 heteroatoms. The Morgan fingerprint density at radius 3 is 1.14 bits per heavy atom. The minimum atomic E-state index is -0.727. The molecule has 0 saturated heterocycles. The fraction of sp³-hybridized carbons (Fsp3) is 1.00. The van der Waals surface area contributed by atoms with Crippen molar-refractivity contribution in [3.05, 3.63) is 0 Å². The van der Waals surface area contributed by atoms with E-state index in [9.17, 15) is 20.4 Å². The summed E-state index contributed by atoms with van der Waals surface area (Å²) in [6, 6.07) is 0. The van der Waals surface area contributed by atoms with Gasteiger partial charge in [0.1, 0.15) is 0 Å². The Bertz CT molecular complexity index is 277. The van der Waals surface area contributed by atoms with E-state index in [1.165, 1.54) is 0 Å². The van der Waals surface area contributed by atoms with E-state index in [4.69, 9.17) is 10.2 Å². The van der Waals surface area contributed by atoms with Gasteiger partial charge in [-0.2, -0.15) is 0 Å². The van der Waals surface area contributed by atoms with Crippen molar-refractivity contribution < 1.29 is 30.6 Å². The summed E-state index contributed by atoms with van der Waals surface area (Å²) in [6.07, 6.45) is -0.492. The third-order valence-electron chi connectivity index (χ3n) is 5.47. The fourth-order valence-corrected chi connectivity index (χ4v) is 4.46. The molecular weight excluding hydrogens is 276 g/mol. The molecule has 0 aromatic heterocycles. The van der Waals surface area contributed by atoms with Crippen LogP contribution in [0.5, 0.6) is 0 Å². The molecule has 2 rings (SSSR count). The lowest BCUT2D eigenvalue weighted by Crippen LogP contribution is -2.53. The van der Waals surface area contributed by atoms with Crippen molar-refractivity contribution >= 4 is 0 Å². The Morgan fingerprint density at radius 2 is 0.905 bits per heavy atom. The Labute approximate surface area is 125 Å². The van der Waals surface area contributed by atoms with Gasteiger partial charge in [0.15, 0.2) is 0 Å². The van der Waals surface area contributed by atoms with Crippen LogP contribution in [0, 0.1) is 17.3 Å². The monoisotopic (exact) mass is 304 g/mol. The van der Waals surface area contributed by atoms with E-state index in [0.717, 1.165) is 0 Å². The molecule has 2 saturated carbocycles. The lowest BCUT2D eigenvalue weighted by atomic mass is 9.57. The Hall–Kier alpha value is -0.240. The molecule has 2 fully saturated rings. The lowest BCUT2D eigenvalue weighted by molar-refractivity contribution is -0.148. The molecule has 0 aromatic rings. The summed E-state index contributed by atoms with van der Waals surface area (Å²) in [6.45, 7) is -0.148. The Morgan fingerprint density at radius 1 is 0.619 bits per heavy atom. The average Bonchev–Trinajstić information content (AvgIpc) is 2.38. The highest BCUT2D eigenvalue weighted by Crippen LogP contribution is 2.51. The zero-order chi connectivity index (χ0) is 15.6. The van der Waals surface area contributed by atoms with Crippen LogP contribution in [0.15, 0.2) is 0 Å². The molecule has 1 spiro atoms. The van der Waals surface area contributed by atoms with E-state index in [0.29, 0.717) is 38.5 Å². The number of aliphatic hydroxyl groups excluding tert-OH is 6. The van der Waals surface area contributed by atoms with Crippen LogP contribution < -0.4 is 0 Å². The molecule has 124 valence electrons. The highest BCUT2D eigenvalue weighted by Gasteiger charge is 2.51. The van der Waals surface area contributed by atoms with E-state index in [1.54, 1.807) is 0 Å². The molecule has 0 aliphatic heterocycles. The first-order valence-electron chi connectivity index (χ1n) is 7.86. The maximum Gasteiger partial charge on any atom is 0.0599 e. The van der Waals surface area contributed by atoms with Crippen LogP contribution in [0.25, 0.3) is 0 Å². The fourth-order valence-electron chi connectivity index (χ4n) is 4.46. The minimum absolute atomic E-state index is 0.0738. The van der Waals surface area contributed by atoms with Gasteiger partial charge in [0.05, 0.1) is 24.4 Å². The van der Waals surface area contributed by atoms with E-state index < -0.39 is 29.8 Å². The first kappa shape index (κ1) is 17.1. The van der Waals surface area contributed by atoms with Gasteiger partial charge in [-0.25, -0.2) is 0 Å². The van der Waals surface area contributed by atoms with Crippen LogP contribution in [0.4, 0.5) is 0 Å². The molecule has 21 heavy (non-hydrogen) atoms. The lowest BCUT2D eigenvalue weighted by Gasteiger charge is -2.51. The maximum absolute atomic E-state index is 10.3. The summed E-state index contributed by atoms with van der Waals surface area (Å²) in [5, 5.41) is 59.0. The summed E-state index contributed by atoms with van der Waals surface area (Å²) in [5.41, 5.74) is -0.463. The SMILES string of the molecule is OCCC1C(O)CC2(CC1O)CC(O)C(CCO)C(O)C2. The quantitative estimate of drug-likeness (QED) is 0.396. The van der Waals surface area contributed by atoms with Gasteiger partial charge in [-0.1, -0.05) is 0 Å². The number of hydrogen-bond donors (Lipinski definition) is 6. The third-order valence-corrected chi connectivity index (χ3v) is 5.47. The predicted octanol–water partition coefficient (Wildman–Crippen LogP) is -0.999. The predicted molar refractivity (Wildman–Crippen MR) is 75.3 cm³/mol.